The topological polar surface area (TPSA) is 84.9 Å². The van der Waals surface area contributed by atoms with Crippen molar-refractivity contribution >= 4 is 57.1 Å². The van der Waals surface area contributed by atoms with Crippen LogP contribution >= 0.6 is 27.5 Å². The van der Waals surface area contributed by atoms with Crippen molar-refractivity contribution in [2.24, 2.45) is 0 Å². The molecule has 1 aliphatic rings. The summed E-state index contributed by atoms with van der Waals surface area (Å²) < 4.78 is 12.0. The SMILES string of the molecule is COc1cc(/C=C2\C(=O)NC(=O)N(c3ccc(C)cc3)C2=O)cc(Br)c1OCc1ccc(Cl)cc1. The van der Waals surface area contributed by atoms with Crippen LogP contribution in [0.25, 0.3) is 6.08 Å². The van der Waals surface area contributed by atoms with E-state index >= 15 is 0 Å². The van der Waals surface area contributed by atoms with E-state index in [4.69, 9.17) is 21.1 Å². The summed E-state index contributed by atoms with van der Waals surface area (Å²) in [5.41, 5.74) is 2.57. The van der Waals surface area contributed by atoms with Gasteiger partial charge < -0.3 is 9.47 Å². The number of amides is 4. The van der Waals surface area contributed by atoms with Gasteiger partial charge in [-0.15, -0.1) is 0 Å². The molecule has 0 spiro atoms. The van der Waals surface area contributed by atoms with E-state index in [2.05, 4.69) is 21.2 Å². The summed E-state index contributed by atoms with van der Waals surface area (Å²) in [4.78, 5) is 39.0. The predicted octanol–water partition coefficient (Wildman–Crippen LogP) is 5.66. The van der Waals surface area contributed by atoms with Crippen molar-refractivity contribution in [2.45, 2.75) is 13.5 Å². The highest BCUT2D eigenvalue weighted by atomic mass is 79.9. The molecule has 0 radical (unpaired) electrons. The second-order valence-corrected chi connectivity index (χ2v) is 9.03. The Morgan fingerprint density at radius 2 is 1.71 bits per heavy atom. The number of ether oxygens (including phenoxy) is 2. The van der Waals surface area contributed by atoms with Gasteiger partial charge in [0.15, 0.2) is 11.5 Å². The Bertz CT molecular complexity index is 1340. The summed E-state index contributed by atoms with van der Waals surface area (Å²) >= 11 is 9.41. The smallest absolute Gasteiger partial charge is 0.335 e. The summed E-state index contributed by atoms with van der Waals surface area (Å²) in [7, 11) is 1.49. The van der Waals surface area contributed by atoms with Crippen molar-refractivity contribution in [2.75, 3.05) is 12.0 Å². The fourth-order valence-corrected chi connectivity index (χ4v) is 4.15. The molecule has 0 aromatic heterocycles. The Labute approximate surface area is 215 Å². The maximum atomic E-state index is 13.1. The third kappa shape index (κ3) is 5.39. The highest BCUT2D eigenvalue weighted by molar-refractivity contribution is 9.10. The number of methoxy groups -OCH3 is 1. The minimum Gasteiger partial charge on any atom is -0.493 e. The third-order valence-electron chi connectivity index (χ3n) is 5.25. The quantitative estimate of drug-likeness (QED) is 0.313. The van der Waals surface area contributed by atoms with Gasteiger partial charge in [0.05, 0.1) is 17.3 Å². The van der Waals surface area contributed by atoms with Gasteiger partial charge in [-0.3, -0.25) is 14.9 Å². The molecule has 7 nitrogen and oxygen atoms in total. The van der Waals surface area contributed by atoms with Gasteiger partial charge in [0.2, 0.25) is 0 Å². The molecule has 3 aromatic rings. The molecule has 4 amide bonds. The van der Waals surface area contributed by atoms with Crippen LogP contribution in [-0.2, 0) is 16.2 Å². The lowest BCUT2D eigenvalue weighted by Gasteiger charge is -2.26. The summed E-state index contributed by atoms with van der Waals surface area (Å²) in [6.07, 6.45) is 1.40. The number of aryl methyl sites for hydroxylation is 1. The van der Waals surface area contributed by atoms with Crippen molar-refractivity contribution in [1.29, 1.82) is 0 Å². The molecule has 0 saturated carbocycles. The molecule has 0 aliphatic carbocycles. The number of carbonyl (C=O) groups excluding carboxylic acids is 3. The average molecular weight is 556 g/mol. The van der Waals surface area contributed by atoms with Crippen molar-refractivity contribution in [3.05, 3.63) is 92.4 Å². The van der Waals surface area contributed by atoms with Crippen molar-refractivity contribution in [3.8, 4) is 11.5 Å². The Morgan fingerprint density at radius 3 is 2.37 bits per heavy atom. The van der Waals surface area contributed by atoms with Crippen LogP contribution in [-0.4, -0.2) is 25.0 Å². The van der Waals surface area contributed by atoms with Crippen LogP contribution in [0.1, 0.15) is 16.7 Å². The second kappa shape index (κ2) is 10.3. The van der Waals surface area contributed by atoms with Gasteiger partial charge in [-0.2, -0.15) is 0 Å². The number of urea groups is 1. The lowest BCUT2D eigenvalue weighted by molar-refractivity contribution is -0.122. The highest BCUT2D eigenvalue weighted by Gasteiger charge is 2.36. The molecule has 1 aliphatic heterocycles. The minimum atomic E-state index is -0.800. The predicted molar refractivity (Wildman–Crippen MR) is 137 cm³/mol. The lowest BCUT2D eigenvalue weighted by atomic mass is 10.1. The first-order valence-corrected chi connectivity index (χ1v) is 11.7. The molecule has 35 heavy (non-hydrogen) atoms. The fourth-order valence-electron chi connectivity index (χ4n) is 3.45. The molecule has 178 valence electrons. The van der Waals surface area contributed by atoms with Crippen LogP contribution in [0.2, 0.25) is 5.02 Å². The summed E-state index contributed by atoms with van der Waals surface area (Å²) in [6, 6.07) is 16.6. The van der Waals surface area contributed by atoms with Crippen LogP contribution in [0.5, 0.6) is 11.5 Å². The number of hydrogen-bond donors (Lipinski definition) is 1. The van der Waals surface area contributed by atoms with Crippen LogP contribution in [0, 0.1) is 6.92 Å². The van der Waals surface area contributed by atoms with E-state index in [-0.39, 0.29) is 12.2 Å². The maximum Gasteiger partial charge on any atom is 0.335 e. The van der Waals surface area contributed by atoms with E-state index in [0.717, 1.165) is 16.0 Å². The number of carbonyl (C=O) groups is 3. The monoisotopic (exact) mass is 554 g/mol. The van der Waals surface area contributed by atoms with Crippen molar-refractivity contribution in [3.63, 3.8) is 0 Å². The molecule has 0 atom stereocenters. The number of rotatable bonds is 6. The zero-order chi connectivity index (χ0) is 25.1. The first-order valence-electron chi connectivity index (χ1n) is 10.5. The summed E-state index contributed by atoms with van der Waals surface area (Å²) in [5, 5.41) is 2.86. The summed E-state index contributed by atoms with van der Waals surface area (Å²) in [6.45, 7) is 2.17. The van der Waals surface area contributed by atoms with E-state index in [0.29, 0.717) is 32.2 Å². The minimum absolute atomic E-state index is 0.186. The first kappa shape index (κ1) is 24.5. The van der Waals surface area contributed by atoms with Crippen LogP contribution in [0.3, 0.4) is 0 Å². The standard InChI is InChI=1S/C26H20BrClN2O5/c1-15-3-9-19(10-4-15)30-25(32)20(24(31)29-26(30)33)11-17-12-21(27)23(22(13-17)34-2)35-14-16-5-7-18(28)8-6-16/h3-13H,14H2,1-2H3,(H,29,31,33)/b20-11+. The number of anilines is 1. The normalized spacial score (nSPS) is 14.8. The number of nitrogens with zero attached hydrogens (tertiary/aromatic N) is 1. The van der Waals surface area contributed by atoms with E-state index in [1.54, 1.807) is 48.5 Å². The molecule has 1 fully saturated rings. The zero-order valence-electron chi connectivity index (χ0n) is 18.8. The van der Waals surface area contributed by atoms with Crippen molar-refractivity contribution < 1.29 is 23.9 Å². The van der Waals surface area contributed by atoms with Gasteiger partial charge in [0.1, 0.15) is 12.2 Å². The maximum absolute atomic E-state index is 13.1. The van der Waals surface area contributed by atoms with Crippen LogP contribution < -0.4 is 19.7 Å². The molecule has 1 N–H and O–H groups in total. The van der Waals surface area contributed by atoms with Gasteiger partial charge in [0, 0.05) is 5.02 Å². The average Bonchev–Trinajstić information content (AvgIpc) is 2.83. The Hall–Kier alpha value is -3.62. The van der Waals surface area contributed by atoms with E-state index < -0.39 is 17.8 Å². The molecule has 4 rings (SSSR count). The Balaban J connectivity index is 1.63. The first-order chi connectivity index (χ1) is 16.8. The van der Waals surface area contributed by atoms with Crippen molar-refractivity contribution in [1.82, 2.24) is 5.32 Å². The molecule has 0 unspecified atom stereocenters. The van der Waals surface area contributed by atoms with E-state index in [1.807, 2.05) is 19.1 Å². The van der Waals surface area contributed by atoms with E-state index in [9.17, 15) is 14.4 Å². The molecule has 0 bridgehead atoms. The van der Waals surface area contributed by atoms with Crippen LogP contribution in [0.15, 0.2) is 70.7 Å². The number of imide groups is 2. The Kier molecular flexibility index (Phi) is 7.23. The highest BCUT2D eigenvalue weighted by Crippen LogP contribution is 2.38. The van der Waals surface area contributed by atoms with Gasteiger partial charge >= 0.3 is 6.03 Å². The van der Waals surface area contributed by atoms with Gasteiger partial charge in [-0.1, -0.05) is 41.4 Å². The largest absolute Gasteiger partial charge is 0.493 e. The van der Waals surface area contributed by atoms with Crippen LogP contribution in [0.4, 0.5) is 10.5 Å². The molecular weight excluding hydrogens is 536 g/mol. The molecule has 1 saturated heterocycles. The zero-order valence-corrected chi connectivity index (χ0v) is 21.1. The van der Waals surface area contributed by atoms with Gasteiger partial charge in [0.25, 0.3) is 11.8 Å². The Morgan fingerprint density at radius 1 is 1.03 bits per heavy atom. The number of nitrogens with one attached hydrogen (secondary N) is 1. The number of barbiturate groups is 1. The van der Waals surface area contributed by atoms with Gasteiger partial charge in [-0.05, 0) is 76.5 Å². The third-order valence-corrected chi connectivity index (χ3v) is 6.09. The molecular formula is C26H20BrClN2O5. The fraction of sp³-hybridized carbons (Fsp3) is 0.115. The number of halogens is 2. The lowest BCUT2D eigenvalue weighted by Crippen LogP contribution is -2.54. The van der Waals surface area contributed by atoms with E-state index in [1.165, 1.54) is 13.2 Å². The molecule has 3 aromatic carbocycles. The number of benzene rings is 3. The number of hydrogen-bond acceptors (Lipinski definition) is 5. The van der Waals surface area contributed by atoms with Gasteiger partial charge in [-0.25, -0.2) is 9.69 Å². The second-order valence-electron chi connectivity index (χ2n) is 7.74. The molecule has 1 heterocycles. The summed E-state index contributed by atoms with van der Waals surface area (Å²) in [5.74, 6) is -0.641. The molecule has 9 heteroatoms.